The van der Waals surface area contributed by atoms with Crippen LogP contribution >= 0.6 is 0 Å². The first-order valence-electron chi connectivity index (χ1n) is 3.84. The molecular formula is C8H13N3O. The maximum absolute atomic E-state index is 8.68. The molecule has 1 aromatic heterocycles. The number of hydrogen-bond acceptors (Lipinski definition) is 4. The molecule has 1 rings (SSSR count). The quantitative estimate of drug-likeness (QED) is 0.699. The molecule has 12 heavy (non-hydrogen) atoms. The van der Waals surface area contributed by atoms with Gasteiger partial charge in [-0.2, -0.15) is 0 Å². The van der Waals surface area contributed by atoms with E-state index < -0.39 is 0 Å². The van der Waals surface area contributed by atoms with Crippen molar-refractivity contribution in [2.24, 2.45) is 0 Å². The molecule has 0 atom stereocenters. The average molecular weight is 167 g/mol. The first kappa shape index (κ1) is 8.93. The molecule has 1 N–H and O–H groups in total. The summed E-state index contributed by atoms with van der Waals surface area (Å²) < 4.78 is 0. The Morgan fingerprint density at radius 3 is 2.83 bits per heavy atom. The molecule has 4 heteroatoms. The highest BCUT2D eigenvalue weighted by Crippen LogP contribution is 2.06. The maximum atomic E-state index is 8.68. The fourth-order valence-corrected chi connectivity index (χ4v) is 0.914. The number of aliphatic hydroxyl groups excluding tert-OH is 1. The lowest BCUT2D eigenvalue weighted by atomic mass is 10.4. The van der Waals surface area contributed by atoms with Crippen LogP contribution < -0.4 is 4.90 Å². The summed E-state index contributed by atoms with van der Waals surface area (Å²) >= 11 is 0. The van der Waals surface area contributed by atoms with Gasteiger partial charge in [-0.05, 0) is 6.92 Å². The number of aryl methyl sites for hydroxylation is 1. The Hall–Kier alpha value is -1.16. The van der Waals surface area contributed by atoms with Gasteiger partial charge in [0.15, 0.2) is 0 Å². The highest BCUT2D eigenvalue weighted by atomic mass is 16.3. The maximum Gasteiger partial charge on any atom is 0.131 e. The van der Waals surface area contributed by atoms with Crippen LogP contribution in [0.2, 0.25) is 0 Å². The molecule has 1 heterocycles. The van der Waals surface area contributed by atoms with Crippen LogP contribution in [-0.4, -0.2) is 35.3 Å². The second-order valence-corrected chi connectivity index (χ2v) is 2.66. The predicted octanol–water partition coefficient (Wildman–Crippen LogP) is 0.214. The summed E-state index contributed by atoms with van der Waals surface area (Å²) in [5.74, 6) is 0.844. The highest BCUT2D eigenvalue weighted by Gasteiger charge is 2.00. The van der Waals surface area contributed by atoms with Gasteiger partial charge in [0.1, 0.15) is 12.1 Å². The SMILES string of the molecule is Cc1cc(N(C)CCO)ncn1. The number of aliphatic hydroxyl groups is 1. The lowest BCUT2D eigenvalue weighted by Gasteiger charge is -2.16. The Bertz CT molecular complexity index is 252. The largest absolute Gasteiger partial charge is 0.395 e. The van der Waals surface area contributed by atoms with Crippen LogP contribution in [0.25, 0.3) is 0 Å². The Morgan fingerprint density at radius 2 is 2.25 bits per heavy atom. The molecule has 0 saturated carbocycles. The van der Waals surface area contributed by atoms with Crippen molar-refractivity contribution in [2.75, 3.05) is 25.1 Å². The third-order valence-electron chi connectivity index (χ3n) is 1.62. The van der Waals surface area contributed by atoms with Gasteiger partial charge >= 0.3 is 0 Å². The Labute approximate surface area is 71.9 Å². The predicted molar refractivity (Wildman–Crippen MR) is 47.1 cm³/mol. The van der Waals surface area contributed by atoms with E-state index in [2.05, 4.69) is 9.97 Å². The fraction of sp³-hybridized carbons (Fsp3) is 0.500. The summed E-state index contributed by atoms with van der Waals surface area (Å²) in [4.78, 5) is 9.93. The summed E-state index contributed by atoms with van der Waals surface area (Å²) in [6.45, 7) is 2.65. The summed E-state index contributed by atoms with van der Waals surface area (Å²) in [5, 5.41) is 8.68. The van der Waals surface area contributed by atoms with E-state index in [4.69, 9.17) is 5.11 Å². The van der Waals surface area contributed by atoms with E-state index in [9.17, 15) is 0 Å². The van der Waals surface area contributed by atoms with Gasteiger partial charge in [0.25, 0.3) is 0 Å². The molecule has 0 radical (unpaired) electrons. The average Bonchev–Trinajstić information content (AvgIpc) is 2.05. The second kappa shape index (κ2) is 4.01. The lowest BCUT2D eigenvalue weighted by molar-refractivity contribution is 0.304. The van der Waals surface area contributed by atoms with Gasteiger partial charge in [-0.3, -0.25) is 0 Å². The second-order valence-electron chi connectivity index (χ2n) is 2.66. The molecular weight excluding hydrogens is 154 g/mol. The standard InChI is InChI=1S/C8H13N3O/c1-7-5-8(10-6-9-7)11(2)3-4-12/h5-6,12H,3-4H2,1-2H3. The molecule has 0 spiro atoms. The van der Waals surface area contributed by atoms with Crippen molar-refractivity contribution in [3.8, 4) is 0 Å². The molecule has 0 aliphatic rings. The minimum Gasteiger partial charge on any atom is -0.395 e. The van der Waals surface area contributed by atoms with Crippen molar-refractivity contribution in [3.63, 3.8) is 0 Å². The first-order chi connectivity index (χ1) is 5.74. The molecule has 0 unspecified atom stereocenters. The summed E-state index contributed by atoms with van der Waals surface area (Å²) in [6.07, 6.45) is 1.53. The molecule has 66 valence electrons. The van der Waals surface area contributed by atoms with Crippen LogP contribution in [0.3, 0.4) is 0 Å². The van der Waals surface area contributed by atoms with E-state index in [1.54, 1.807) is 0 Å². The molecule has 4 nitrogen and oxygen atoms in total. The van der Waals surface area contributed by atoms with Crippen LogP contribution in [0.4, 0.5) is 5.82 Å². The molecule has 0 aliphatic carbocycles. The smallest absolute Gasteiger partial charge is 0.131 e. The van der Waals surface area contributed by atoms with Gasteiger partial charge < -0.3 is 10.0 Å². The van der Waals surface area contributed by atoms with Gasteiger partial charge in [0, 0.05) is 25.4 Å². The zero-order valence-corrected chi connectivity index (χ0v) is 7.36. The van der Waals surface area contributed by atoms with E-state index in [0.29, 0.717) is 6.54 Å². The normalized spacial score (nSPS) is 9.92. The van der Waals surface area contributed by atoms with Crippen molar-refractivity contribution in [2.45, 2.75) is 6.92 Å². The van der Waals surface area contributed by atoms with Gasteiger partial charge in [0.2, 0.25) is 0 Å². The highest BCUT2D eigenvalue weighted by molar-refractivity contribution is 5.37. The monoisotopic (exact) mass is 167 g/mol. The Balaban J connectivity index is 2.73. The van der Waals surface area contributed by atoms with Gasteiger partial charge in [-0.25, -0.2) is 9.97 Å². The van der Waals surface area contributed by atoms with Crippen LogP contribution in [-0.2, 0) is 0 Å². The number of aromatic nitrogens is 2. The summed E-state index contributed by atoms with van der Waals surface area (Å²) in [7, 11) is 1.89. The van der Waals surface area contributed by atoms with E-state index in [-0.39, 0.29) is 6.61 Å². The molecule has 0 aliphatic heterocycles. The van der Waals surface area contributed by atoms with Gasteiger partial charge in [-0.15, -0.1) is 0 Å². The van der Waals surface area contributed by atoms with E-state index in [0.717, 1.165) is 11.5 Å². The minimum absolute atomic E-state index is 0.138. The molecule has 0 aromatic carbocycles. The molecule has 1 aromatic rings. The van der Waals surface area contributed by atoms with Crippen LogP contribution in [0, 0.1) is 6.92 Å². The van der Waals surface area contributed by atoms with Crippen molar-refractivity contribution in [3.05, 3.63) is 18.1 Å². The van der Waals surface area contributed by atoms with Crippen LogP contribution in [0.5, 0.6) is 0 Å². The third kappa shape index (κ3) is 2.17. The number of rotatable bonds is 3. The molecule has 0 amide bonds. The molecule has 0 bridgehead atoms. The molecule has 0 fully saturated rings. The lowest BCUT2D eigenvalue weighted by Crippen LogP contribution is -2.22. The zero-order valence-electron chi connectivity index (χ0n) is 7.36. The molecule has 0 saturated heterocycles. The summed E-state index contributed by atoms with van der Waals surface area (Å²) in [5.41, 5.74) is 0.935. The number of nitrogens with zero attached hydrogens (tertiary/aromatic N) is 3. The van der Waals surface area contributed by atoms with Crippen LogP contribution in [0.15, 0.2) is 12.4 Å². The third-order valence-corrected chi connectivity index (χ3v) is 1.62. The Kier molecular flexibility index (Phi) is 2.99. The van der Waals surface area contributed by atoms with Crippen molar-refractivity contribution in [1.29, 1.82) is 0 Å². The zero-order chi connectivity index (χ0) is 8.97. The van der Waals surface area contributed by atoms with Crippen molar-refractivity contribution in [1.82, 2.24) is 9.97 Å². The topological polar surface area (TPSA) is 49.2 Å². The van der Waals surface area contributed by atoms with Gasteiger partial charge in [-0.1, -0.05) is 0 Å². The number of likely N-dealkylation sites (N-methyl/N-ethyl adjacent to an activating group) is 1. The first-order valence-corrected chi connectivity index (χ1v) is 3.84. The van der Waals surface area contributed by atoms with E-state index in [1.165, 1.54) is 6.33 Å². The Morgan fingerprint density at radius 1 is 1.50 bits per heavy atom. The van der Waals surface area contributed by atoms with Crippen molar-refractivity contribution >= 4 is 5.82 Å². The number of anilines is 1. The summed E-state index contributed by atoms with van der Waals surface area (Å²) in [6, 6.07) is 1.88. The van der Waals surface area contributed by atoms with Crippen LogP contribution in [0.1, 0.15) is 5.69 Å². The minimum atomic E-state index is 0.138. The van der Waals surface area contributed by atoms with Crippen molar-refractivity contribution < 1.29 is 5.11 Å². The number of hydrogen-bond donors (Lipinski definition) is 1. The van der Waals surface area contributed by atoms with Gasteiger partial charge in [0.05, 0.1) is 6.61 Å². The van der Waals surface area contributed by atoms with E-state index in [1.807, 2.05) is 24.9 Å². The fourth-order valence-electron chi connectivity index (χ4n) is 0.914. The van der Waals surface area contributed by atoms with E-state index >= 15 is 0 Å².